The van der Waals surface area contributed by atoms with Gasteiger partial charge in [0.25, 0.3) is 0 Å². The summed E-state index contributed by atoms with van der Waals surface area (Å²) in [5.74, 6) is -0.0533. The lowest BCUT2D eigenvalue weighted by Crippen LogP contribution is -2.16. The number of ketones is 2. The van der Waals surface area contributed by atoms with Crippen LogP contribution < -0.4 is 0 Å². The van der Waals surface area contributed by atoms with Crippen LogP contribution in [0.4, 0.5) is 0 Å². The highest BCUT2D eigenvalue weighted by molar-refractivity contribution is 8.00. The van der Waals surface area contributed by atoms with Gasteiger partial charge < -0.3 is 9.55 Å². The van der Waals surface area contributed by atoms with Gasteiger partial charge in [-0.15, -0.1) is 10.2 Å². The molecule has 0 aromatic carbocycles. The van der Waals surface area contributed by atoms with Gasteiger partial charge in [-0.2, -0.15) is 0 Å². The molecule has 2 aromatic rings. The Morgan fingerprint density at radius 2 is 2.04 bits per heavy atom. The van der Waals surface area contributed by atoms with E-state index in [4.69, 9.17) is 0 Å². The van der Waals surface area contributed by atoms with Gasteiger partial charge in [-0.3, -0.25) is 9.59 Å². The number of nitrogens with zero attached hydrogens (tertiary/aromatic N) is 3. The smallest absolute Gasteiger partial charge is 0.192 e. The fourth-order valence-corrected chi connectivity index (χ4v) is 3.87. The molecule has 0 spiro atoms. The number of hydrogen-bond donors (Lipinski definition) is 1. The minimum Gasteiger partial charge on any atom is -0.355 e. The standard InChI is InChI=1S/C18H26N4O2S/c1-6-7-8-9-22-10-19-21-18(22)25-14(5)17(24)16-11(2)15(13(4)23)12(3)20-16/h10,14,20H,6-9H2,1-5H3/t14-/m0/s1. The summed E-state index contributed by atoms with van der Waals surface area (Å²) in [4.78, 5) is 27.7. The van der Waals surface area contributed by atoms with Crippen LogP contribution in [-0.2, 0) is 6.54 Å². The molecule has 0 aliphatic rings. The molecule has 0 radical (unpaired) electrons. The van der Waals surface area contributed by atoms with E-state index in [1.54, 1.807) is 6.33 Å². The predicted molar refractivity (Wildman–Crippen MR) is 99.5 cm³/mol. The second kappa shape index (κ2) is 8.47. The van der Waals surface area contributed by atoms with Crippen molar-refractivity contribution in [3.63, 3.8) is 0 Å². The van der Waals surface area contributed by atoms with Gasteiger partial charge >= 0.3 is 0 Å². The molecule has 0 unspecified atom stereocenters. The molecule has 0 amide bonds. The Bertz CT molecular complexity index is 763. The van der Waals surface area contributed by atoms with Gasteiger partial charge in [0.05, 0.1) is 10.9 Å². The predicted octanol–water partition coefficient (Wildman–Crippen LogP) is 3.98. The number of nitrogens with one attached hydrogen (secondary N) is 1. The summed E-state index contributed by atoms with van der Waals surface area (Å²) in [6.07, 6.45) is 5.10. The number of hydrogen-bond acceptors (Lipinski definition) is 5. The van der Waals surface area contributed by atoms with Gasteiger partial charge in [-0.05, 0) is 39.7 Å². The molecule has 0 saturated heterocycles. The van der Waals surface area contributed by atoms with Gasteiger partial charge in [0.15, 0.2) is 16.7 Å². The van der Waals surface area contributed by atoms with Crippen molar-refractivity contribution >= 4 is 23.3 Å². The highest BCUT2D eigenvalue weighted by atomic mass is 32.2. The monoisotopic (exact) mass is 362 g/mol. The first kappa shape index (κ1) is 19.4. The lowest BCUT2D eigenvalue weighted by molar-refractivity contribution is 0.0988. The third-order valence-electron chi connectivity index (χ3n) is 4.27. The van der Waals surface area contributed by atoms with Crippen molar-refractivity contribution in [2.45, 2.75) is 70.8 Å². The van der Waals surface area contributed by atoms with E-state index in [9.17, 15) is 9.59 Å². The number of thioether (sulfide) groups is 1. The van der Waals surface area contributed by atoms with Crippen LogP contribution in [0.15, 0.2) is 11.5 Å². The summed E-state index contributed by atoms with van der Waals surface area (Å²) in [7, 11) is 0. The third kappa shape index (κ3) is 4.39. The average Bonchev–Trinajstić information content (AvgIpc) is 3.10. The molecule has 2 aromatic heterocycles. The molecular formula is C18H26N4O2S. The second-order valence-corrected chi connectivity index (χ2v) is 7.63. The van der Waals surface area contributed by atoms with E-state index in [0.717, 1.165) is 42.2 Å². The molecule has 25 heavy (non-hydrogen) atoms. The van der Waals surface area contributed by atoms with Crippen LogP contribution in [0, 0.1) is 13.8 Å². The van der Waals surface area contributed by atoms with Crippen molar-refractivity contribution < 1.29 is 9.59 Å². The van der Waals surface area contributed by atoms with Crippen molar-refractivity contribution in [1.82, 2.24) is 19.7 Å². The molecule has 0 bridgehead atoms. The summed E-state index contributed by atoms with van der Waals surface area (Å²) >= 11 is 1.40. The Morgan fingerprint density at radius 1 is 1.32 bits per heavy atom. The number of aryl methyl sites for hydroxylation is 2. The zero-order valence-corrected chi connectivity index (χ0v) is 16.4. The summed E-state index contributed by atoms with van der Waals surface area (Å²) in [5.41, 5.74) is 2.60. The number of H-pyrrole nitrogens is 1. The van der Waals surface area contributed by atoms with Crippen molar-refractivity contribution in [1.29, 1.82) is 0 Å². The summed E-state index contributed by atoms with van der Waals surface area (Å²) < 4.78 is 2.00. The maximum absolute atomic E-state index is 12.8. The van der Waals surface area contributed by atoms with E-state index in [0.29, 0.717) is 11.3 Å². The number of aromatic amines is 1. The molecule has 0 aliphatic heterocycles. The Morgan fingerprint density at radius 3 is 2.64 bits per heavy atom. The number of aromatic nitrogens is 4. The molecule has 0 aliphatic carbocycles. The van der Waals surface area contributed by atoms with Crippen molar-refractivity contribution in [3.8, 4) is 0 Å². The number of carbonyl (C=O) groups excluding carboxylic acids is 2. The van der Waals surface area contributed by atoms with Crippen LogP contribution in [0.3, 0.4) is 0 Å². The lowest BCUT2D eigenvalue weighted by atomic mass is 10.0. The normalized spacial score (nSPS) is 12.4. The minimum absolute atomic E-state index is 0.0266. The summed E-state index contributed by atoms with van der Waals surface area (Å²) in [6.45, 7) is 10.0. The number of carbonyl (C=O) groups is 2. The van der Waals surface area contributed by atoms with E-state index in [2.05, 4.69) is 22.1 Å². The minimum atomic E-state index is -0.314. The molecule has 1 atom stereocenters. The van der Waals surface area contributed by atoms with Crippen LogP contribution in [0.5, 0.6) is 0 Å². The fourth-order valence-electron chi connectivity index (χ4n) is 2.96. The average molecular weight is 362 g/mol. The van der Waals surface area contributed by atoms with Gasteiger partial charge in [-0.25, -0.2) is 0 Å². The Hall–Kier alpha value is -1.89. The molecule has 1 N–H and O–H groups in total. The van der Waals surface area contributed by atoms with E-state index in [1.165, 1.54) is 18.7 Å². The number of rotatable bonds is 9. The van der Waals surface area contributed by atoms with E-state index in [1.807, 2.05) is 25.3 Å². The van der Waals surface area contributed by atoms with Crippen LogP contribution in [-0.4, -0.2) is 36.6 Å². The van der Waals surface area contributed by atoms with Gasteiger partial charge in [0, 0.05) is 17.8 Å². The van der Waals surface area contributed by atoms with Crippen LogP contribution >= 0.6 is 11.8 Å². The maximum Gasteiger partial charge on any atom is 0.192 e. The first-order valence-corrected chi connectivity index (χ1v) is 9.53. The molecule has 2 rings (SSSR count). The van der Waals surface area contributed by atoms with Gasteiger partial charge in [-0.1, -0.05) is 31.5 Å². The van der Waals surface area contributed by atoms with Gasteiger partial charge in [0.1, 0.15) is 6.33 Å². The highest BCUT2D eigenvalue weighted by Gasteiger charge is 2.25. The lowest BCUT2D eigenvalue weighted by Gasteiger charge is -2.11. The topological polar surface area (TPSA) is 80.6 Å². The van der Waals surface area contributed by atoms with E-state index < -0.39 is 0 Å². The van der Waals surface area contributed by atoms with E-state index in [-0.39, 0.29) is 16.8 Å². The van der Waals surface area contributed by atoms with Crippen LogP contribution in [0.25, 0.3) is 0 Å². The SMILES string of the molecule is CCCCCn1cnnc1S[C@@H](C)C(=O)c1[nH]c(C)c(C(C)=O)c1C. The van der Waals surface area contributed by atoms with E-state index >= 15 is 0 Å². The Labute approximate surface area is 152 Å². The molecule has 0 fully saturated rings. The van der Waals surface area contributed by atoms with Crippen LogP contribution in [0.2, 0.25) is 0 Å². The first-order chi connectivity index (χ1) is 11.9. The van der Waals surface area contributed by atoms with Crippen molar-refractivity contribution in [3.05, 3.63) is 28.8 Å². The molecule has 2 heterocycles. The number of Topliss-reactive ketones (excluding diaryl/α,β-unsaturated/α-hetero) is 2. The number of unbranched alkanes of at least 4 members (excludes halogenated alkanes) is 2. The third-order valence-corrected chi connectivity index (χ3v) is 5.36. The Balaban J connectivity index is 2.13. The zero-order valence-electron chi connectivity index (χ0n) is 15.5. The summed E-state index contributed by atoms with van der Waals surface area (Å²) in [5, 5.41) is 8.56. The van der Waals surface area contributed by atoms with Crippen molar-refractivity contribution in [2.24, 2.45) is 0 Å². The van der Waals surface area contributed by atoms with Crippen molar-refractivity contribution in [2.75, 3.05) is 0 Å². The molecular weight excluding hydrogens is 336 g/mol. The highest BCUT2D eigenvalue weighted by Crippen LogP contribution is 2.27. The molecule has 6 nitrogen and oxygen atoms in total. The summed E-state index contributed by atoms with van der Waals surface area (Å²) in [6, 6.07) is 0. The molecule has 0 saturated carbocycles. The Kier molecular flexibility index (Phi) is 6.58. The second-order valence-electron chi connectivity index (χ2n) is 6.32. The quantitative estimate of drug-likeness (QED) is 0.414. The first-order valence-electron chi connectivity index (χ1n) is 8.65. The zero-order chi connectivity index (χ0) is 18.6. The van der Waals surface area contributed by atoms with Gasteiger partial charge in [0.2, 0.25) is 0 Å². The largest absolute Gasteiger partial charge is 0.355 e. The fraction of sp³-hybridized carbons (Fsp3) is 0.556. The van der Waals surface area contributed by atoms with Crippen LogP contribution in [0.1, 0.15) is 72.1 Å². The molecule has 136 valence electrons. The maximum atomic E-state index is 12.8. The molecule has 7 heteroatoms.